The predicted octanol–water partition coefficient (Wildman–Crippen LogP) is 1.44. The van der Waals surface area contributed by atoms with Crippen molar-refractivity contribution in [2.24, 2.45) is 11.7 Å². The van der Waals surface area contributed by atoms with Crippen molar-refractivity contribution in [3.63, 3.8) is 0 Å². The van der Waals surface area contributed by atoms with Crippen molar-refractivity contribution in [3.05, 3.63) is 0 Å². The lowest BCUT2D eigenvalue weighted by Crippen LogP contribution is -2.32. The maximum absolute atomic E-state index is 11.4. The SMILES string of the molecule is CCCC(N)CC(=O)NCCCOCC1CC1. The molecule has 0 radical (unpaired) electrons. The van der Waals surface area contributed by atoms with Crippen molar-refractivity contribution in [1.82, 2.24) is 5.32 Å². The minimum absolute atomic E-state index is 0.00566. The van der Waals surface area contributed by atoms with Crippen LogP contribution < -0.4 is 11.1 Å². The van der Waals surface area contributed by atoms with Gasteiger partial charge in [-0.25, -0.2) is 0 Å². The first kappa shape index (κ1) is 14.5. The fraction of sp³-hybridized carbons (Fsp3) is 0.923. The number of nitrogens with two attached hydrogens (primary N) is 1. The molecule has 100 valence electrons. The van der Waals surface area contributed by atoms with Gasteiger partial charge in [-0.15, -0.1) is 0 Å². The van der Waals surface area contributed by atoms with E-state index in [4.69, 9.17) is 10.5 Å². The molecule has 3 N–H and O–H groups in total. The van der Waals surface area contributed by atoms with Gasteiger partial charge in [-0.05, 0) is 31.6 Å². The summed E-state index contributed by atoms with van der Waals surface area (Å²) in [5, 5.41) is 2.88. The summed E-state index contributed by atoms with van der Waals surface area (Å²) < 4.78 is 5.48. The van der Waals surface area contributed by atoms with Gasteiger partial charge in [0.15, 0.2) is 0 Å². The third kappa shape index (κ3) is 8.16. The van der Waals surface area contributed by atoms with E-state index >= 15 is 0 Å². The van der Waals surface area contributed by atoms with Crippen LogP contribution in [0, 0.1) is 5.92 Å². The third-order valence-electron chi connectivity index (χ3n) is 2.95. The van der Waals surface area contributed by atoms with Crippen LogP contribution in [0.2, 0.25) is 0 Å². The molecule has 0 aromatic heterocycles. The minimum atomic E-state index is 0.00566. The fourth-order valence-electron chi connectivity index (χ4n) is 1.72. The molecule has 1 rings (SSSR count). The standard InChI is InChI=1S/C13H26N2O2/c1-2-4-12(14)9-13(16)15-7-3-8-17-10-11-5-6-11/h11-12H,2-10,14H2,1H3,(H,15,16). The highest BCUT2D eigenvalue weighted by Gasteiger charge is 2.20. The number of carbonyl (C=O) groups is 1. The van der Waals surface area contributed by atoms with Crippen molar-refractivity contribution >= 4 is 5.91 Å². The summed E-state index contributed by atoms with van der Waals surface area (Å²) >= 11 is 0. The average Bonchev–Trinajstić information content (AvgIpc) is 3.07. The van der Waals surface area contributed by atoms with Gasteiger partial charge in [0.1, 0.15) is 0 Å². The summed E-state index contributed by atoms with van der Waals surface area (Å²) in [6.45, 7) is 4.42. The molecule has 0 saturated heterocycles. The highest BCUT2D eigenvalue weighted by molar-refractivity contribution is 5.76. The average molecular weight is 242 g/mol. The zero-order valence-corrected chi connectivity index (χ0v) is 10.9. The molecule has 0 aromatic rings. The molecule has 0 spiro atoms. The fourth-order valence-corrected chi connectivity index (χ4v) is 1.72. The third-order valence-corrected chi connectivity index (χ3v) is 2.95. The molecule has 1 atom stereocenters. The Labute approximate surface area is 104 Å². The summed E-state index contributed by atoms with van der Waals surface area (Å²) in [5.41, 5.74) is 5.79. The first-order valence-electron chi connectivity index (χ1n) is 6.82. The molecule has 0 aliphatic heterocycles. The van der Waals surface area contributed by atoms with E-state index in [1.165, 1.54) is 12.8 Å². The quantitative estimate of drug-likeness (QED) is 0.570. The summed E-state index contributed by atoms with van der Waals surface area (Å²) in [4.78, 5) is 11.4. The molecule has 4 heteroatoms. The van der Waals surface area contributed by atoms with Crippen LogP contribution in [0.1, 0.15) is 45.4 Å². The summed E-state index contributed by atoms with van der Waals surface area (Å²) in [6, 6.07) is 0.00566. The Morgan fingerprint density at radius 1 is 1.53 bits per heavy atom. The van der Waals surface area contributed by atoms with Crippen LogP contribution >= 0.6 is 0 Å². The van der Waals surface area contributed by atoms with Crippen molar-refractivity contribution in [3.8, 4) is 0 Å². The predicted molar refractivity (Wildman–Crippen MR) is 68.7 cm³/mol. The van der Waals surface area contributed by atoms with E-state index in [9.17, 15) is 4.79 Å². The number of carbonyl (C=O) groups excluding carboxylic acids is 1. The van der Waals surface area contributed by atoms with Crippen molar-refractivity contribution in [1.29, 1.82) is 0 Å². The van der Waals surface area contributed by atoms with E-state index in [1.807, 2.05) is 0 Å². The van der Waals surface area contributed by atoms with E-state index in [0.29, 0.717) is 13.0 Å². The van der Waals surface area contributed by atoms with Crippen molar-refractivity contribution < 1.29 is 9.53 Å². The number of amides is 1. The summed E-state index contributed by atoms with van der Waals surface area (Å²) in [5.74, 6) is 0.879. The van der Waals surface area contributed by atoms with Crippen LogP contribution in [0.3, 0.4) is 0 Å². The Morgan fingerprint density at radius 3 is 2.94 bits per heavy atom. The second-order valence-corrected chi connectivity index (χ2v) is 4.97. The van der Waals surface area contributed by atoms with Gasteiger partial charge in [-0.3, -0.25) is 4.79 Å². The molecule has 0 aromatic carbocycles. The molecule has 1 aliphatic rings. The zero-order chi connectivity index (χ0) is 12.5. The molecule has 1 saturated carbocycles. The smallest absolute Gasteiger partial charge is 0.221 e. The molecule has 1 aliphatic carbocycles. The Kier molecular flexibility index (Phi) is 7.21. The zero-order valence-electron chi connectivity index (χ0n) is 10.9. The Balaban J connectivity index is 1.85. The highest BCUT2D eigenvalue weighted by Crippen LogP contribution is 2.28. The second kappa shape index (κ2) is 8.48. The molecule has 1 unspecified atom stereocenters. The van der Waals surface area contributed by atoms with Gasteiger partial charge in [0.05, 0.1) is 0 Å². The van der Waals surface area contributed by atoms with Crippen LogP contribution in [-0.2, 0) is 9.53 Å². The Morgan fingerprint density at radius 2 is 2.29 bits per heavy atom. The molecular formula is C13H26N2O2. The van der Waals surface area contributed by atoms with E-state index in [1.54, 1.807) is 0 Å². The summed E-state index contributed by atoms with van der Waals surface area (Å²) in [6.07, 6.45) is 5.93. The number of rotatable bonds is 10. The number of hydrogen-bond acceptors (Lipinski definition) is 3. The van der Waals surface area contributed by atoms with Crippen LogP contribution in [-0.4, -0.2) is 31.7 Å². The van der Waals surface area contributed by atoms with Gasteiger partial charge in [0.2, 0.25) is 5.91 Å². The van der Waals surface area contributed by atoms with Crippen molar-refractivity contribution in [2.45, 2.75) is 51.5 Å². The number of nitrogens with one attached hydrogen (secondary N) is 1. The van der Waals surface area contributed by atoms with E-state index in [2.05, 4.69) is 12.2 Å². The maximum atomic E-state index is 11.4. The van der Waals surface area contributed by atoms with Gasteiger partial charge >= 0.3 is 0 Å². The topological polar surface area (TPSA) is 64.4 Å². The highest BCUT2D eigenvalue weighted by atomic mass is 16.5. The molecule has 4 nitrogen and oxygen atoms in total. The lowest BCUT2D eigenvalue weighted by molar-refractivity contribution is -0.121. The van der Waals surface area contributed by atoms with Crippen LogP contribution in [0.5, 0.6) is 0 Å². The van der Waals surface area contributed by atoms with E-state index in [0.717, 1.165) is 38.4 Å². The first-order valence-corrected chi connectivity index (χ1v) is 6.82. The lowest BCUT2D eigenvalue weighted by atomic mass is 10.1. The minimum Gasteiger partial charge on any atom is -0.381 e. The van der Waals surface area contributed by atoms with E-state index < -0.39 is 0 Å². The molecule has 17 heavy (non-hydrogen) atoms. The molecular weight excluding hydrogens is 216 g/mol. The number of ether oxygens (including phenoxy) is 1. The largest absolute Gasteiger partial charge is 0.381 e. The van der Waals surface area contributed by atoms with Gasteiger partial charge in [0.25, 0.3) is 0 Å². The van der Waals surface area contributed by atoms with Crippen molar-refractivity contribution in [2.75, 3.05) is 19.8 Å². The maximum Gasteiger partial charge on any atom is 0.221 e. The van der Waals surface area contributed by atoms with Crippen LogP contribution in [0.4, 0.5) is 0 Å². The summed E-state index contributed by atoms with van der Waals surface area (Å²) in [7, 11) is 0. The molecule has 0 heterocycles. The van der Waals surface area contributed by atoms with Crippen LogP contribution in [0.15, 0.2) is 0 Å². The first-order chi connectivity index (χ1) is 8.22. The van der Waals surface area contributed by atoms with E-state index in [-0.39, 0.29) is 11.9 Å². The molecule has 0 bridgehead atoms. The monoisotopic (exact) mass is 242 g/mol. The molecule has 1 fully saturated rings. The Hall–Kier alpha value is -0.610. The normalized spacial score (nSPS) is 16.8. The second-order valence-electron chi connectivity index (χ2n) is 4.97. The van der Waals surface area contributed by atoms with Gasteiger partial charge in [-0.2, -0.15) is 0 Å². The van der Waals surface area contributed by atoms with Gasteiger partial charge in [0, 0.05) is 32.2 Å². The van der Waals surface area contributed by atoms with Gasteiger partial charge in [-0.1, -0.05) is 13.3 Å². The Bertz CT molecular complexity index is 217. The molecule has 1 amide bonds. The van der Waals surface area contributed by atoms with Crippen LogP contribution in [0.25, 0.3) is 0 Å². The number of hydrogen-bond donors (Lipinski definition) is 2. The van der Waals surface area contributed by atoms with Gasteiger partial charge < -0.3 is 15.8 Å². The lowest BCUT2D eigenvalue weighted by Gasteiger charge is -2.10.